The van der Waals surface area contributed by atoms with Gasteiger partial charge in [0.1, 0.15) is 11.9 Å². The van der Waals surface area contributed by atoms with Crippen molar-refractivity contribution in [2.75, 3.05) is 37.0 Å². The number of thiophene rings is 1. The van der Waals surface area contributed by atoms with Crippen LogP contribution in [0.1, 0.15) is 9.67 Å². The van der Waals surface area contributed by atoms with E-state index in [-0.39, 0.29) is 12.5 Å². The van der Waals surface area contributed by atoms with Gasteiger partial charge in [-0.05, 0) is 42.0 Å². The van der Waals surface area contributed by atoms with Gasteiger partial charge in [0.15, 0.2) is 0 Å². The lowest BCUT2D eigenvalue weighted by atomic mass is 10.1. The number of carbonyl (C=O) groups is 2. The number of nitrogens with zero attached hydrogens (tertiary/aromatic N) is 3. The van der Waals surface area contributed by atoms with Gasteiger partial charge in [0.05, 0.1) is 22.3 Å². The van der Waals surface area contributed by atoms with Crippen LogP contribution in [-0.2, 0) is 4.74 Å². The molecule has 1 fully saturated rings. The number of benzene rings is 1. The summed E-state index contributed by atoms with van der Waals surface area (Å²) >= 11 is 7.07. The molecule has 1 N–H and O–H groups in total. The highest BCUT2D eigenvalue weighted by molar-refractivity contribution is 7.18. The first-order chi connectivity index (χ1) is 14.9. The van der Waals surface area contributed by atoms with Crippen LogP contribution in [0.25, 0.3) is 11.1 Å². The maximum absolute atomic E-state index is 12.4. The zero-order chi connectivity index (χ0) is 22.0. The molecule has 0 aliphatic carbocycles. The first-order valence-corrected chi connectivity index (χ1v) is 10.9. The maximum atomic E-state index is 12.4. The van der Waals surface area contributed by atoms with Crippen molar-refractivity contribution in [3.05, 3.63) is 63.9 Å². The number of hydrogen-bond donors (Lipinski definition) is 1. The zero-order valence-electron chi connectivity index (χ0n) is 17.0. The van der Waals surface area contributed by atoms with Crippen LogP contribution in [0, 0.1) is 0 Å². The van der Waals surface area contributed by atoms with Gasteiger partial charge in [0.2, 0.25) is 0 Å². The first-order valence-electron chi connectivity index (χ1n) is 9.67. The Labute approximate surface area is 189 Å². The molecule has 1 atom stereocenters. The highest BCUT2D eigenvalue weighted by Gasteiger charge is 2.32. The Morgan fingerprint density at radius 2 is 2.03 bits per heavy atom. The Kier molecular flexibility index (Phi) is 6.11. The summed E-state index contributed by atoms with van der Waals surface area (Å²) in [6.07, 6.45) is 0.908. The van der Waals surface area contributed by atoms with E-state index in [1.165, 1.54) is 11.3 Å². The highest BCUT2D eigenvalue weighted by atomic mass is 35.5. The fourth-order valence-electron chi connectivity index (χ4n) is 3.37. The average Bonchev–Trinajstić information content (AvgIpc) is 3.37. The SMILES string of the molecule is CN(C)c1ncccc1-c1ccc(N2C[C@H](CNC(=O)c3ccc(Cl)s3)OC2=O)cc1. The molecule has 160 valence electrons. The number of anilines is 2. The van der Waals surface area contributed by atoms with E-state index in [0.717, 1.165) is 22.6 Å². The summed E-state index contributed by atoms with van der Waals surface area (Å²) in [5.41, 5.74) is 2.76. The Morgan fingerprint density at radius 3 is 2.71 bits per heavy atom. The van der Waals surface area contributed by atoms with Crippen molar-refractivity contribution in [3.63, 3.8) is 0 Å². The molecule has 31 heavy (non-hydrogen) atoms. The second-order valence-corrected chi connectivity index (χ2v) is 8.96. The molecule has 1 aliphatic rings. The van der Waals surface area contributed by atoms with Crippen LogP contribution in [0.5, 0.6) is 0 Å². The van der Waals surface area contributed by atoms with Gasteiger partial charge < -0.3 is 15.0 Å². The Balaban J connectivity index is 1.41. The standard InChI is InChI=1S/C22H21ClN4O3S/c1-26(2)20-17(4-3-11-24-20)14-5-7-15(8-6-14)27-13-16(30-22(27)29)12-25-21(28)18-9-10-19(23)31-18/h3-11,16H,12-13H2,1-2H3,(H,25,28)/t16-/m0/s1. The van der Waals surface area contributed by atoms with Gasteiger partial charge in [-0.25, -0.2) is 9.78 Å². The first kappa shape index (κ1) is 21.1. The molecule has 3 aromatic rings. The second-order valence-electron chi connectivity index (χ2n) is 7.25. The third kappa shape index (κ3) is 4.65. The van der Waals surface area contributed by atoms with Crippen molar-refractivity contribution in [2.24, 2.45) is 0 Å². The van der Waals surface area contributed by atoms with Crippen LogP contribution in [-0.4, -0.2) is 50.3 Å². The number of amides is 2. The lowest BCUT2D eigenvalue weighted by Gasteiger charge is -2.17. The molecule has 0 saturated carbocycles. The molecule has 9 heteroatoms. The molecule has 0 spiro atoms. The van der Waals surface area contributed by atoms with E-state index >= 15 is 0 Å². The minimum Gasteiger partial charge on any atom is -0.442 e. The topological polar surface area (TPSA) is 74.8 Å². The number of rotatable bonds is 6. The summed E-state index contributed by atoms with van der Waals surface area (Å²) in [5.74, 6) is 0.641. The van der Waals surface area contributed by atoms with E-state index in [0.29, 0.717) is 15.8 Å². The molecule has 4 rings (SSSR count). The summed E-state index contributed by atoms with van der Waals surface area (Å²) in [4.78, 5) is 33.0. The van der Waals surface area contributed by atoms with Gasteiger partial charge in [-0.3, -0.25) is 9.69 Å². The fraction of sp³-hybridized carbons (Fsp3) is 0.227. The monoisotopic (exact) mass is 456 g/mol. The predicted octanol–water partition coefficient (Wildman–Crippen LogP) is 4.28. The Bertz CT molecular complexity index is 1100. The van der Waals surface area contributed by atoms with Crippen molar-refractivity contribution < 1.29 is 14.3 Å². The average molecular weight is 457 g/mol. The van der Waals surface area contributed by atoms with Gasteiger partial charge in [-0.1, -0.05) is 23.7 Å². The van der Waals surface area contributed by atoms with Crippen molar-refractivity contribution in [2.45, 2.75) is 6.10 Å². The van der Waals surface area contributed by atoms with Crippen LogP contribution in [0.3, 0.4) is 0 Å². The summed E-state index contributed by atoms with van der Waals surface area (Å²) in [7, 11) is 3.90. The van der Waals surface area contributed by atoms with Crippen molar-refractivity contribution >= 4 is 46.4 Å². The minimum atomic E-state index is -0.429. The van der Waals surface area contributed by atoms with E-state index in [2.05, 4.69) is 10.3 Å². The molecule has 2 amide bonds. The zero-order valence-corrected chi connectivity index (χ0v) is 18.6. The van der Waals surface area contributed by atoms with E-state index < -0.39 is 12.2 Å². The number of aromatic nitrogens is 1. The van der Waals surface area contributed by atoms with Gasteiger partial charge in [-0.15, -0.1) is 11.3 Å². The maximum Gasteiger partial charge on any atom is 0.414 e. The van der Waals surface area contributed by atoms with E-state index in [1.807, 2.05) is 55.4 Å². The van der Waals surface area contributed by atoms with Crippen molar-refractivity contribution in [1.82, 2.24) is 10.3 Å². The smallest absolute Gasteiger partial charge is 0.414 e. The third-order valence-electron chi connectivity index (χ3n) is 4.86. The lowest BCUT2D eigenvalue weighted by molar-refractivity contribution is 0.0920. The molecular formula is C22H21ClN4O3S. The molecule has 0 unspecified atom stereocenters. The Morgan fingerprint density at radius 1 is 1.26 bits per heavy atom. The van der Waals surface area contributed by atoms with Crippen LogP contribution in [0.2, 0.25) is 4.34 Å². The third-order valence-corrected chi connectivity index (χ3v) is 6.09. The van der Waals surface area contributed by atoms with E-state index in [9.17, 15) is 9.59 Å². The van der Waals surface area contributed by atoms with Crippen molar-refractivity contribution in [3.8, 4) is 11.1 Å². The normalized spacial score (nSPS) is 15.6. The Hall–Kier alpha value is -3.10. The van der Waals surface area contributed by atoms with Gasteiger partial charge >= 0.3 is 6.09 Å². The molecular weight excluding hydrogens is 436 g/mol. The minimum absolute atomic E-state index is 0.232. The summed E-state index contributed by atoms with van der Waals surface area (Å²) in [6, 6.07) is 15.0. The lowest BCUT2D eigenvalue weighted by Crippen LogP contribution is -2.34. The summed E-state index contributed by atoms with van der Waals surface area (Å²) < 4.78 is 5.97. The molecule has 1 aliphatic heterocycles. The molecule has 1 saturated heterocycles. The summed E-state index contributed by atoms with van der Waals surface area (Å²) in [6.45, 7) is 0.593. The highest BCUT2D eigenvalue weighted by Crippen LogP contribution is 2.30. The van der Waals surface area contributed by atoms with Crippen LogP contribution < -0.4 is 15.1 Å². The summed E-state index contributed by atoms with van der Waals surface area (Å²) in [5, 5.41) is 2.79. The molecule has 1 aromatic carbocycles. The van der Waals surface area contributed by atoms with Gasteiger partial charge in [0, 0.05) is 31.5 Å². The molecule has 2 aromatic heterocycles. The van der Waals surface area contributed by atoms with E-state index in [4.69, 9.17) is 16.3 Å². The van der Waals surface area contributed by atoms with Crippen molar-refractivity contribution in [1.29, 1.82) is 0 Å². The molecule has 0 bridgehead atoms. The van der Waals surface area contributed by atoms with Gasteiger partial charge in [-0.2, -0.15) is 0 Å². The van der Waals surface area contributed by atoms with Gasteiger partial charge in [0.25, 0.3) is 5.91 Å². The molecule has 3 heterocycles. The number of nitrogens with one attached hydrogen (secondary N) is 1. The van der Waals surface area contributed by atoms with Crippen LogP contribution >= 0.6 is 22.9 Å². The quantitative estimate of drug-likeness (QED) is 0.599. The van der Waals surface area contributed by atoms with Crippen LogP contribution in [0.4, 0.5) is 16.3 Å². The fourth-order valence-corrected chi connectivity index (χ4v) is 4.33. The number of carbonyl (C=O) groups excluding carboxylic acids is 2. The van der Waals surface area contributed by atoms with E-state index in [1.54, 1.807) is 23.2 Å². The number of cyclic esters (lactones) is 1. The number of halogens is 1. The number of ether oxygens (including phenoxy) is 1. The largest absolute Gasteiger partial charge is 0.442 e. The molecule has 7 nitrogen and oxygen atoms in total. The second kappa shape index (κ2) is 8.95. The number of hydrogen-bond acceptors (Lipinski definition) is 6. The predicted molar refractivity (Wildman–Crippen MR) is 123 cm³/mol. The molecule has 0 radical (unpaired) electrons. The number of pyridine rings is 1. The van der Waals surface area contributed by atoms with Crippen LogP contribution in [0.15, 0.2) is 54.7 Å².